The van der Waals surface area contributed by atoms with Gasteiger partial charge >= 0.3 is 0 Å². The molecule has 2 N–H and O–H groups in total. The predicted molar refractivity (Wildman–Crippen MR) is 72.0 cm³/mol. The Labute approximate surface area is 119 Å². The summed E-state index contributed by atoms with van der Waals surface area (Å²) in [4.78, 5) is 0. The van der Waals surface area contributed by atoms with Crippen LogP contribution in [0, 0.1) is 0 Å². The van der Waals surface area contributed by atoms with Crippen LogP contribution in [0.25, 0.3) is 0 Å². The quantitative estimate of drug-likeness (QED) is 0.887. The van der Waals surface area contributed by atoms with Crippen molar-refractivity contribution >= 4 is 28.3 Å². The van der Waals surface area contributed by atoms with E-state index in [4.69, 9.17) is 15.2 Å². The lowest BCUT2D eigenvalue weighted by Crippen LogP contribution is -2.14. The van der Waals surface area contributed by atoms with E-state index in [1.807, 2.05) is 0 Å². The van der Waals surface area contributed by atoms with Crippen molar-refractivity contribution in [3.63, 3.8) is 0 Å². The second-order valence-corrected chi connectivity index (χ2v) is 4.32. The molecule has 0 aliphatic rings. The van der Waals surface area contributed by atoms with Crippen LogP contribution in [0.1, 0.15) is 18.0 Å². The van der Waals surface area contributed by atoms with Gasteiger partial charge in [0.1, 0.15) is 0 Å². The van der Waals surface area contributed by atoms with E-state index in [1.165, 1.54) is 14.2 Å². The highest BCUT2D eigenvalue weighted by Gasteiger charge is 2.18. The summed E-state index contributed by atoms with van der Waals surface area (Å²) in [6, 6.07) is 2.51. The zero-order valence-electron chi connectivity index (χ0n) is 9.95. The summed E-state index contributed by atoms with van der Waals surface area (Å²) in [6.07, 6.45) is -2.83. The summed E-state index contributed by atoms with van der Waals surface area (Å²) >= 11 is 3.28. The number of ether oxygens (including phenoxy) is 2. The molecule has 3 nitrogen and oxygen atoms in total. The second kappa shape index (κ2) is 7.76. The van der Waals surface area contributed by atoms with Gasteiger partial charge in [-0.25, -0.2) is 8.78 Å². The van der Waals surface area contributed by atoms with Crippen LogP contribution in [-0.2, 0) is 0 Å². The molecule has 1 aromatic rings. The van der Waals surface area contributed by atoms with Crippen LogP contribution in [0.4, 0.5) is 8.78 Å². The second-order valence-electron chi connectivity index (χ2n) is 3.46. The molecule has 7 heteroatoms. The molecular weight excluding hydrogens is 331 g/mol. The highest BCUT2D eigenvalue weighted by atomic mass is 79.9. The molecule has 1 atom stereocenters. The van der Waals surface area contributed by atoms with Gasteiger partial charge in [-0.3, -0.25) is 0 Å². The summed E-state index contributed by atoms with van der Waals surface area (Å²) in [5.74, 6) is 0.989. The molecule has 0 bridgehead atoms. The first kappa shape index (κ1) is 17.4. The van der Waals surface area contributed by atoms with E-state index in [-0.39, 0.29) is 12.4 Å². The zero-order chi connectivity index (χ0) is 13.0. The van der Waals surface area contributed by atoms with Crippen molar-refractivity contribution in [2.45, 2.75) is 18.9 Å². The SMILES string of the molecule is COc1cc(Br)c([C@H](N)CC(F)F)cc1OC.Cl. The molecule has 0 unspecified atom stereocenters. The Balaban J connectivity index is 0.00000289. The molecule has 1 aromatic carbocycles. The van der Waals surface area contributed by atoms with Crippen molar-refractivity contribution in [3.8, 4) is 11.5 Å². The normalized spacial score (nSPS) is 11.9. The van der Waals surface area contributed by atoms with Crippen LogP contribution in [0.3, 0.4) is 0 Å². The molecule has 0 radical (unpaired) electrons. The van der Waals surface area contributed by atoms with Crippen molar-refractivity contribution < 1.29 is 18.3 Å². The van der Waals surface area contributed by atoms with E-state index in [1.54, 1.807) is 12.1 Å². The van der Waals surface area contributed by atoms with Crippen LogP contribution < -0.4 is 15.2 Å². The highest BCUT2D eigenvalue weighted by Crippen LogP contribution is 2.36. The Morgan fingerprint density at radius 3 is 2.17 bits per heavy atom. The maximum atomic E-state index is 12.3. The fraction of sp³-hybridized carbons (Fsp3) is 0.455. The molecule has 0 saturated heterocycles. The molecule has 0 fully saturated rings. The molecule has 1 rings (SSSR count). The van der Waals surface area contributed by atoms with E-state index in [0.717, 1.165) is 0 Å². The monoisotopic (exact) mass is 345 g/mol. The minimum atomic E-state index is -2.44. The minimum Gasteiger partial charge on any atom is -0.493 e. The highest BCUT2D eigenvalue weighted by molar-refractivity contribution is 9.10. The van der Waals surface area contributed by atoms with Gasteiger partial charge in [-0.05, 0) is 17.7 Å². The fourth-order valence-electron chi connectivity index (χ4n) is 1.47. The number of halogens is 4. The number of hydrogen-bond acceptors (Lipinski definition) is 3. The maximum absolute atomic E-state index is 12.3. The van der Waals surface area contributed by atoms with Gasteiger partial charge in [0.25, 0.3) is 0 Å². The van der Waals surface area contributed by atoms with Crippen molar-refractivity contribution in [1.29, 1.82) is 0 Å². The lowest BCUT2D eigenvalue weighted by molar-refractivity contribution is 0.128. The largest absolute Gasteiger partial charge is 0.493 e. The van der Waals surface area contributed by atoms with Gasteiger partial charge in [0, 0.05) is 16.9 Å². The van der Waals surface area contributed by atoms with Crippen LogP contribution >= 0.6 is 28.3 Å². The molecule has 0 aliphatic carbocycles. The molecule has 0 aliphatic heterocycles. The Bertz CT molecular complexity index is 394. The Hall–Kier alpha value is -0.590. The standard InChI is InChI=1S/C11H14BrF2NO2.ClH/c1-16-9-3-6(8(15)5-11(13)14)7(12)4-10(9)17-2;/h3-4,8,11H,5,15H2,1-2H3;1H/t8-;/m1./s1. The Morgan fingerprint density at radius 1 is 1.22 bits per heavy atom. The summed E-state index contributed by atoms with van der Waals surface area (Å²) in [5, 5.41) is 0. The van der Waals surface area contributed by atoms with Gasteiger partial charge in [0.15, 0.2) is 11.5 Å². The first-order valence-electron chi connectivity index (χ1n) is 4.94. The van der Waals surface area contributed by atoms with Crippen molar-refractivity contribution in [1.82, 2.24) is 0 Å². The summed E-state index contributed by atoms with van der Waals surface area (Å²) in [6.45, 7) is 0. The third-order valence-corrected chi connectivity index (χ3v) is 3.02. The Kier molecular flexibility index (Phi) is 7.51. The number of nitrogens with two attached hydrogens (primary N) is 1. The lowest BCUT2D eigenvalue weighted by Gasteiger charge is -2.16. The maximum Gasteiger partial charge on any atom is 0.240 e. The lowest BCUT2D eigenvalue weighted by atomic mass is 10.0. The van der Waals surface area contributed by atoms with Gasteiger partial charge < -0.3 is 15.2 Å². The zero-order valence-corrected chi connectivity index (χ0v) is 12.4. The van der Waals surface area contributed by atoms with Gasteiger partial charge in [0.2, 0.25) is 6.43 Å². The minimum absolute atomic E-state index is 0. The molecular formula is C11H15BrClF2NO2. The molecule has 0 saturated carbocycles. The van der Waals surface area contributed by atoms with Gasteiger partial charge in [-0.1, -0.05) is 15.9 Å². The fourth-order valence-corrected chi connectivity index (χ4v) is 2.09. The Morgan fingerprint density at radius 2 is 1.72 bits per heavy atom. The summed E-state index contributed by atoms with van der Waals surface area (Å²) in [7, 11) is 2.98. The number of alkyl halides is 2. The first-order valence-corrected chi connectivity index (χ1v) is 5.74. The van der Waals surface area contributed by atoms with Crippen LogP contribution in [0.2, 0.25) is 0 Å². The van der Waals surface area contributed by atoms with E-state index in [2.05, 4.69) is 15.9 Å². The smallest absolute Gasteiger partial charge is 0.240 e. The number of benzene rings is 1. The van der Waals surface area contributed by atoms with E-state index in [0.29, 0.717) is 21.5 Å². The molecule has 0 amide bonds. The summed E-state index contributed by atoms with van der Waals surface area (Å²) in [5.41, 5.74) is 6.28. The third kappa shape index (κ3) is 4.26. The summed E-state index contributed by atoms with van der Waals surface area (Å²) < 4.78 is 35.4. The van der Waals surface area contributed by atoms with Crippen molar-refractivity contribution in [3.05, 3.63) is 22.2 Å². The van der Waals surface area contributed by atoms with Crippen LogP contribution in [-0.4, -0.2) is 20.6 Å². The van der Waals surface area contributed by atoms with Crippen LogP contribution in [0.15, 0.2) is 16.6 Å². The number of rotatable bonds is 5. The van der Waals surface area contributed by atoms with E-state index >= 15 is 0 Å². The van der Waals surface area contributed by atoms with E-state index in [9.17, 15) is 8.78 Å². The van der Waals surface area contributed by atoms with E-state index < -0.39 is 18.9 Å². The third-order valence-electron chi connectivity index (χ3n) is 2.33. The van der Waals surface area contributed by atoms with Gasteiger partial charge in [0.05, 0.1) is 14.2 Å². The molecule has 0 aromatic heterocycles. The first-order chi connectivity index (χ1) is 7.99. The number of methoxy groups -OCH3 is 2. The molecule has 0 heterocycles. The predicted octanol–water partition coefficient (Wildman–Crippen LogP) is 3.54. The molecule has 0 spiro atoms. The van der Waals surface area contributed by atoms with Crippen molar-refractivity contribution in [2.24, 2.45) is 5.73 Å². The number of hydrogen-bond donors (Lipinski definition) is 1. The van der Waals surface area contributed by atoms with Gasteiger partial charge in [-0.2, -0.15) is 0 Å². The average Bonchev–Trinajstić information content (AvgIpc) is 2.27. The molecule has 104 valence electrons. The van der Waals surface area contributed by atoms with Crippen LogP contribution in [0.5, 0.6) is 11.5 Å². The van der Waals surface area contributed by atoms with Crippen molar-refractivity contribution in [2.75, 3.05) is 14.2 Å². The molecule has 18 heavy (non-hydrogen) atoms. The van der Waals surface area contributed by atoms with Gasteiger partial charge in [-0.15, -0.1) is 12.4 Å². The average molecular weight is 347 g/mol. The topological polar surface area (TPSA) is 44.5 Å².